The van der Waals surface area contributed by atoms with Crippen molar-refractivity contribution in [3.8, 4) is 0 Å². The van der Waals surface area contributed by atoms with Crippen molar-refractivity contribution in [2.45, 2.75) is 26.2 Å². The van der Waals surface area contributed by atoms with Crippen molar-refractivity contribution in [1.29, 1.82) is 0 Å². The Bertz CT molecular complexity index is 2670. The fourth-order valence-corrected chi connectivity index (χ4v) is 6.78. The Balaban J connectivity index is 0.000000225. The van der Waals surface area contributed by atoms with Crippen molar-refractivity contribution in [2.24, 2.45) is 10.9 Å². The highest BCUT2D eigenvalue weighted by Gasteiger charge is 2.31. The fourth-order valence-electron chi connectivity index (χ4n) is 6.78. The van der Waals surface area contributed by atoms with Gasteiger partial charge in [0.15, 0.2) is 29.6 Å². The molecule has 2 fully saturated rings. The number of hydrazine groups is 1. The number of hydrogen-bond acceptors (Lipinski definition) is 18. The number of hydrogen-bond donors (Lipinski definition) is 6. The molecule has 0 atom stereocenters. The molecular formula is C48H55F8N15O3. The normalized spacial score (nSPS) is 14.1. The van der Waals surface area contributed by atoms with Gasteiger partial charge in [0.2, 0.25) is 11.9 Å². The third kappa shape index (κ3) is 19.2. The molecule has 7 N–H and O–H groups in total. The Labute approximate surface area is 421 Å². The Kier molecular flexibility index (Phi) is 22.2. The summed E-state index contributed by atoms with van der Waals surface area (Å²) in [4.78, 5) is 38.5. The van der Waals surface area contributed by atoms with Crippen molar-refractivity contribution in [3.05, 3.63) is 143 Å². The lowest BCUT2D eigenvalue weighted by atomic mass is 10.0. The second kappa shape index (κ2) is 28.7. The van der Waals surface area contributed by atoms with E-state index in [4.69, 9.17) is 15.3 Å². The van der Waals surface area contributed by atoms with E-state index < -0.39 is 35.1 Å². The highest BCUT2D eigenvalue weighted by Crippen LogP contribution is 2.32. The van der Waals surface area contributed by atoms with Crippen LogP contribution in [0.15, 0.2) is 103 Å². The van der Waals surface area contributed by atoms with Gasteiger partial charge >= 0.3 is 12.4 Å². The van der Waals surface area contributed by atoms with Gasteiger partial charge in [-0.25, -0.2) is 30.0 Å². The van der Waals surface area contributed by atoms with Crippen molar-refractivity contribution in [2.75, 3.05) is 106 Å². The van der Waals surface area contributed by atoms with Crippen LogP contribution < -0.4 is 32.6 Å². The number of carbonyl (C=O) groups is 1. The highest BCUT2D eigenvalue weighted by atomic mass is 19.4. The van der Waals surface area contributed by atoms with Gasteiger partial charge in [-0.05, 0) is 60.0 Å². The molecule has 26 heteroatoms. The Morgan fingerprint density at radius 1 is 0.635 bits per heavy atom. The maximum absolute atomic E-state index is 14.0. The lowest BCUT2D eigenvalue weighted by Crippen LogP contribution is -2.39. The van der Waals surface area contributed by atoms with Crippen LogP contribution in [0.4, 0.5) is 70.0 Å². The van der Waals surface area contributed by atoms with Gasteiger partial charge in [0.25, 0.3) is 0 Å². The van der Waals surface area contributed by atoms with Crippen LogP contribution >= 0.6 is 0 Å². The van der Waals surface area contributed by atoms with Crippen LogP contribution in [0.1, 0.15) is 45.9 Å². The number of rotatable bonds is 17. The number of carbonyl (C=O) groups excluding carboxylic acids is 1. The fraction of sp³-hybridized carbons (Fsp3) is 0.333. The molecule has 74 heavy (non-hydrogen) atoms. The maximum atomic E-state index is 14.0. The summed E-state index contributed by atoms with van der Waals surface area (Å²) in [6.45, 7) is 9.06. The number of hydrazone groups is 1. The summed E-state index contributed by atoms with van der Waals surface area (Å²) in [7, 11) is 0. The van der Waals surface area contributed by atoms with Gasteiger partial charge in [-0.15, -0.1) is 0 Å². The van der Waals surface area contributed by atoms with E-state index in [0.717, 1.165) is 94.7 Å². The third-order valence-corrected chi connectivity index (χ3v) is 10.5. The molecular weight excluding hydrogens is 987 g/mol. The second-order valence-electron chi connectivity index (χ2n) is 15.8. The van der Waals surface area contributed by atoms with Gasteiger partial charge in [-0.3, -0.25) is 30.0 Å². The average Bonchev–Trinajstić information content (AvgIpc) is 3.39. The van der Waals surface area contributed by atoms with Crippen molar-refractivity contribution in [3.63, 3.8) is 0 Å². The van der Waals surface area contributed by atoms with Gasteiger partial charge < -0.3 is 25.4 Å². The minimum Gasteiger partial charge on any atom is -0.379 e. The van der Waals surface area contributed by atoms with Gasteiger partial charge in [0, 0.05) is 64.2 Å². The minimum atomic E-state index is -4.42. The summed E-state index contributed by atoms with van der Waals surface area (Å²) in [6.07, 6.45) is -1.30. The summed E-state index contributed by atoms with van der Waals surface area (Å²) in [6, 6.07) is 16.5. The standard InChI is InChI=1S/C23H24F4N8O.C14H10F3NO.C10H17FN6O.CH4/c24-20-15-30-22(33-21(20)28-6-7-35-8-10-36-11-9-35)34-31-14-18-4-5-19(13-29-18)32-17-3-1-2-16(12-17)23(25,26)27;15-14(16,17)12-3-1-2-10(7-12)6-11-4-5-13(9-19)18-8-11;11-8-7-14-10(16-12)15-9(8)13-1-2-17-3-5-18-6-4-17;/h1-5,12-15,32H,6-11H2,(H2,28,30,33,34);1-5,7-9H,6H2;7H,1-6,12H2,(H2,13,14,15,16);1H4/b31-14+;;;. The van der Waals surface area contributed by atoms with E-state index in [2.05, 4.69) is 71.6 Å². The number of nitrogen functional groups attached to an aromatic ring is 1. The smallest absolute Gasteiger partial charge is 0.379 e. The number of nitrogens with one attached hydrogen (secondary N) is 5. The zero-order valence-electron chi connectivity index (χ0n) is 38.9. The molecule has 18 nitrogen and oxygen atoms in total. The number of alkyl halides is 6. The first-order valence-corrected chi connectivity index (χ1v) is 22.5. The van der Waals surface area contributed by atoms with Crippen LogP contribution in [0.3, 0.4) is 0 Å². The zero-order chi connectivity index (χ0) is 52.1. The van der Waals surface area contributed by atoms with E-state index in [-0.39, 0.29) is 36.6 Å². The summed E-state index contributed by atoms with van der Waals surface area (Å²) in [5.41, 5.74) is 6.38. The lowest BCUT2D eigenvalue weighted by molar-refractivity contribution is -0.138. The molecule has 2 aliphatic rings. The van der Waals surface area contributed by atoms with Crippen LogP contribution in [-0.2, 0) is 28.2 Å². The predicted molar refractivity (Wildman–Crippen MR) is 264 cm³/mol. The Hall–Kier alpha value is -7.52. The molecule has 0 aliphatic carbocycles. The largest absolute Gasteiger partial charge is 0.416 e. The molecule has 0 saturated carbocycles. The summed E-state index contributed by atoms with van der Waals surface area (Å²) >= 11 is 0. The van der Waals surface area contributed by atoms with Crippen LogP contribution in [0, 0.1) is 11.6 Å². The molecule has 0 amide bonds. The van der Waals surface area contributed by atoms with Gasteiger partial charge in [0.05, 0.1) is 73.7 Å². The number of nitrogens with two attached hydrogens (primary N) is 1. The van der Waals surface area contributed by atoms with Crippen molar-refractivity contribution < 1.29 is 49.4 Å². The molecule has 0 bridgehead atoms. The maximum Gasteiger partial charge on any atom is 0.416 e. The van der Waals surface area contributed by atoms with Crippen molar-refractivity contribution >= 4 is 47.4 Å². The lowest BCUT2D eigenvalue weighted by Gasteiger charge is -2.26. The van der Waals surface area contributed by atoms with E-state index in [1.54, 1.807) is 24.3 Å². The van der Waals surface area contributed by atoms with E-state index >= 15 is 0 Å². The number of morpholine rings is 2. The second-order valence-corrected chi connectivity index (χ2v) is 15.8. The molecule has 6 heterocycles. The highest BCUT2D eigenvalue weighted by molar-refractivity contribution is 5.78. The first kappa shape index (κ1) is 57.4. The number of pyridine rings is 2. The topological polar surface area (TPSA) is 218 Å². The third-order valence-electron chi connectivity index (χ3n) is 10.5. The number of halogens is 8. The minimum absolute atomic E-state index is 0. The predicted octanol–water partition coefficient (Wildman–Crippen LogP) is 7.75. The number of aldehydes is 1. The van der Waals surface area contributed by atoms with Crippen LogP contribution in [-0.4, -0.2) is 131 Å². The number of aromatic nitrogens is 6. The Morgan fingerprint density at radius 3 is 1.73 bits per heavy atom. The number of benzene rings is 2. The van der Waals surface area contributed by atoms with E-state index in [9.17, 15) is 39.9 Å². The molecule has 0 radical (unpaired) electrons. The molecule has 2 aliphatic heterocycles. The van der Waals surface area contributed by atoms with E-state index in [0.29, 0.717) is 61.6 Å². The molecule has 2 aromatic carbocycles. The van der Waals surface area contributed by atoms with E-state index in [1.807, 2.05) is 0 Å². The number of anilines is 6. The van der Waals surface area contributed by atoms with Crippen LogP contribution in [0.5, 0.6) is 0 Å². The zero-order valence-corrected chi connectivity index (χ0v) is 38.9. The van der Waals surface area contributed by atoms with Crippen LogP contribution in [0.2, 0.25) is 0 Å². The molecule has 0 unspecified atom stereocenters. The monoisotopic (exact) mass is 1040 g/mol. The summed E-state index contributed by atoms with van der Waals surface area (Å²) in [5, 5.41) is 12.8. The number of ether oxygens (including phenoxy) is 2. The van der Waals surface area contributed by atoms with E-state index in [1.165, 1.54) is 42.9 Å². The van der Waals surface area contributed by atoms with Gasteiger partial charge in [-0.2, -0.15) is 41.4 Å². The first-order chi connectivity index (χ1) is 35.1. The first-order valence-electron chi connectivity index (χ1n) is 22.5. The summed E-state index contributed by atoms with van der Waals surface area (Å²) < 4.78 is 114. The number of nitrogens with zero attached hydrogens (tertiary/aromatic N) is 9. The summed E-state index contributed by atoms with van der Waals surface area (Å²) in [5.74, 6) is 4.62. The molecule has 6 aromatic rings. The van der Waals surface area contributed by atoms with Crippen LogP contribution in [0.25, 0.3) is 0 Å². The molecule has 8 rings (SSSR count). The SMILES string of the molecule is C.Fc1cnc(N/N=C/c2ccc(Nc3cccc(C(F)(F)F)c3)cn2)nc1NCCN1CCOCC1.NNc1ncc(F)c(NCCN2CCOCC2)n1.O=Cc1ccc(Cc2cccc(C(F)(F)F)c2)cn1. The molecule has 396 valence electrons. The molecule has 2 saturated heterocycles. The molecule has 4 aromatic heterocycles. The van der Waals surface area contributed by atoms with Gasteiger partial charge in [-0.1, -0.05) is 37.8 Å². The van der Waals surface area contributed by atoms with Gasteiger partial charge in [0.1, 0.15) is 5.69 Å². The average molecular weight is 1040 g/mol. The quantitative estimate of drug-likeness (QED) is 0.0169. The van der Waals surface area contributed by atoms with Crippen molar-refractivity contribution in [1.82, 2.24) is 39.7 Å². The Morgan fingerprint density at radius 2 is 1.19 bits per heavy atom. The molecule has 0 spiro atoms.